The minimum Gasteiger partial charge on any atom is -0.481 e. The van der Waals surface area contributed by atoms with E-state index in [4.69, 9.17) is 5.11 Å². The molecular weight excluding hydrogens is 194 g/mol. The van der Waals surface area contributed by atoms with E-state index in [1.165, 1.54) is 0 Å². The molecule has 1 aromatic rings. The number of rotatable bonds is 5. The van der Waals surface area contributed by atoms with Crippen LogP contribution in [0.5, 0.6) is 0 Å². The zero-order valence-corrected chi connectivity index (χ0v) is 9.40. The largest absolute Gasteiger partial charge is 0.481 e. The second kappa shape index (κ2) is 4.91. The molecule has 1 aromatic heterocycles. The van der Waals surface area contributed by atoms with E-state index in [1.54, 1.807) is 0 Å². The van der Waals surface area contributed by atoms with Gasteiger partial charge in [-0.1, -0.05) is 13.8 Å². The molecule has 84 valence electrons. The Kier molecular flexibility index (Phi) is 3.82. The highest BCUT2D eigenvalue weighted by molar-refractivity contribution is 5.66. The summed E-state index contributed by atoms with van der Waals surface area (Å²) >= 11 is 0. The van der Waals surface area contributed by atoms with Crippen molar-refractivity contribution in [3.8, 4) is 0 Å². The van der Waals surface area contributed by atoms with Crippen LogP contribution >= 0.6 is 0 Å². The number of hydrogen-bond donors (Lipinski definition) is 1. The summed E-state index contributed by atoms with van der Waals surface area (Å²) in [6, 6.07) is 0. The second-order valence-electron chi connectivity index (χ2n) is 4.08. The average molecular weight is 211 g/mol. The lowest BCUT2D eigenvalue weighted by Gasteiger charge is -2.04. The van der Waals surface area contributed by atoms with Crippen LogP contribution in [0.4, 0.5) is 0 Å². The molecule has 0 saturated carbocycles. The van der Waals surface area contributed by atoms with Gasteiger partial charge in [-0.05, 0) is 5.92 Å². The first kappa shape index (κ1) is 11.7. The van der Waals surface area contributed by atoms with Crippen LogP contribution in [-0.2, 0) is 24.7 Å². The van der Waals surface area contributed by atoms with Gasteiger partial charge >= 0.3 is 5.97 Å². The van der Waals surface area contributed by atoms with Gasteiger partial charge in [0, 0.05) is 19.9 Å². The molecule has 0 aliphatic heterocycles. The van der Waals surface area contributed by atoms with Crippen molar-refractivity contribution in [2.45, 2.75) is 33.1 Å². The first-order valence-electron chi connectivity index (χ1n) is 5.09. The molecule has 0 bridgehead atoms. The van der Waals surface area contributed by atoms with Gasteiger partial charge in [0.15, 0.2) is 0 Å². The number of aliphatic carboxylic acids is 1. The molecule has 0 aliphatic rings. The molecular formula is C10H17N3O2. The lowest BCUT2D eigenvalue weighted by Crippen LogP contribution is -2.07. The summed E-state index contributed by atoms with van der Waals surface area (Å²) in [7, 11) is 1.88. The Hall–Kier alpha value is -1.39. The van der Waals surface area contributed by atoms with Crippen LogP contribution in [0.1, 0.15) is 31.9 Å². The van der Waals surface area contributed by atoms with Crippen molar-refractivity contribution in [3.05, 3.63) is 11.6 Å². The Bertz CT molecular complexity index is 344. The quantitative estimate of drug-likeness (QED) is 0.789. The standard InChI is InChI=1S/C10H17N3O2/c1-7(2)6-9-12-11-8(13(9)3)4-5-10(14)15/h7H,4-6H2,1-3H3,(H,14,15). The summed E-state index contributed by atoms with van der Waals surface area (Å²) in [4.78, 5) is 10.4. The average Bonchev–Trinajstić information content (AvgIpc) is 2.44. The van der Waals surface area contributed by atoms with Gasteiger partial charge in [-0.25, -0.2) is 0 Å². The van der Waals surface area contributed by atoms with E-state index < -0.39 is 5.97 Å². The fraction of sp³-hybridized carbons (Fsp3) is 0.700. The predicted molar refractivity (Wildman–Crippen MR) is 55.5 cm³/mol. The zero-order valence-electron chi connectivity index (χ0n) is 9.40. The maximum atomic E-state index is 10.4. The van der Waals surface area contributed by atoms with Crippen molar-refractivity contribution in [3.63, 3.8) is 0 Å². The van der Waals surface area contributed by atoms with Crippen LogP contribution < -0.4 is 0 Å². The molecule has 1 N–H and O–H groups in total. The van der Waals surface area contributed by atoms with E-state index in [-0.39, 0.29) is 6.42 Å². The highest BCUT2D eigenvalue weighted by Crippen LogP contribution is 2.07. The Morgan fingerprint density at radius 2 is 2.00 bits per heavy atom. The molecule has 0 unspecified atom stereocenters. The van der Waals surface area contributed by atoms with Crippen LogP contribution in [0.15, 0.2) is 0 Å². The summed E-state index contributed by atoms with van der Waals surface area (Å²) in [5, 5.41) is 16.6. The van der Waals surface area contributed by atoms with E-state index in [0.717, 1.165) is 18.1 Å². The third-order valence-electron chi connectivity index (χ3n) is 2.21. The lowest BCUT2D eigenvalue weighted by atomic mass is 10.1. The Balaban J connectivity index is 2.66. The molecule has 15 heavy (non-hydrogen) atoms. The fourth-order valence-corrected chi connectivity index (χ4v) is 1.38. The van der Waals surface area contributed by atoms with Gasteiger partial charge < -0.3 is 9.67 Å². The van der Waals surface area contributed by atoms with Gasteiger partial charge in [-0.3, -0.25) is 4.79 Å². The molecule has 0 amide bonds. The number of hydrogen-bond acceptors (Lipinski definition) is 3. The molecule has 0 aliphatic carbocycles. The summed E-state index contributed by atoms with van der Waals surface area (Å²) < 4.78 is 1.89. The van der Waals surface area contributed by atoms with E-state index in [2.05, 4.69) is 24.0 Å². The monoisotopic (exact) mass is 211 g/mol. The van der Waals surface area contributed by atoms with Crippen molar-refractivity contribution < 1.29 is 9.90 Å². The minimum atomic E-state index is -0.802. The molecule has 1 rings (SSSR count). The fourth-order valence-electron chi connectivity index (χ4n) is 1.38. The van der Waals surface area contributed by atoms with Crippen LogP contribution in [0.3, 0.4) is 0 Å². The second-order valence-corrected chi connectivity index (χ2v) is 4.08. The van der Waals surface area contributed by atoms with Crippen molar-refractivity contribution in [1.82, 2.24) is 14.8 Å². The lowest BCUT2D eigenvalue weighted by molar-refractivity contribution is -0.137. The van der Waals surface area contributed by atoms with E-state index >= 15 is 0 Å². The Labute approximate surface area is 89.1 Å². The molecule has 0 spiro atoms. The third-order valence-corrected chi connectivity index (χ3v) is 2.21. The van der Waals surface area contributed by atoms with Crippen molar-refractivity contribution >= 4 is 5.97 Å². The molecule has 0 fully saturated rings. The van der Waals surface area contributed by atoms with Crippen molar-refractivity contribution in [1.29, 1.82) is 0 Å². The smallest absolute Gasteiger partial charge is 0.303 e. The number of nitrogens with zero attached hydrogens (tertiary/aromatic N) is 3. The van der Waals surface area contributed by atoms with Crippen molar-refractivity contribution in [2.75, 3.05) is 0 Å². The maximum Gasteiger partial charge on any atom is 0.303 e. The highest BCUT2D eigenvalue weighted by Gasteiger charge is 2.10. The molecule has 0 atom stereocenters. The summed E-state index contributed by atoms with van der Waals surface area (Å²) in [5.41, 5.74) is 0. The normalized spacial score (nSPS) is 10.9. The molecule has 1 heterocycles. The van der Waals surface area contributed by atoms with Gasteiger partial charge in [-0.15, -0.1) is 10.2 Å². The molecule has 0 radical (unpaired) electrons. The van der Waals surface area contributed by atoms with Crippen LogP contribution in [0, 0.1) is 5.92 Å². The Morgan fingerprint density at radius 1 is 1.40 bits per heavy atom. The number of carboxylic acids is 1. The number of aryl methyl sites for hydroxylation is 1. The van der Waals surface area contributed by atoms with Gasteiger partial charge in [0.05, 0.1) is 6.42 Å². The molecule has 5 nitrogen and oxygen atoms in total. The number of aromatic nitrogens is 3. The topological polar surface area (TPSA) is 68.0 Å². The van der Waals surface area contributed by atoms with Gasteiger partial charge in [0.2, 0.25) is 0 Å². The van der Waals surface area contributed by atoms with E-state index in [9.17, 15) is 4.79 Å². The van der Waals surface area contributed by atoms with Crippen LogP contribution in [-0.4, -0.2) is 25.8 Å². The summed E-state index contributed by atoms with van der Waals surface area (Å²) in [5.74, 6) is 1.39. The summed E-state index contributed by atoms with van der Waals surface area (Å²) in [6.07, 6.45) is 1.42. The van der Waals surface area contributed by atoms with E-state index in [1.807, 2.05) is 11.6 Å². The number of carboxylic acid groups (broad SMARTS) is 1. The van der Waals surface area contributed by atoms with E-state index in [0.29, 0.717) is 12.3 Å². The summed E-state index contributed by atoms with van der Waals surface area (Å²) in [6.45, 7) is 4.23. The van der Waals surface area contributed by atoms with Crippen LogP contribution in [0.2, 0.25) is 0 Å². The molecule has 5 heteroatoms. The first-order chi connectivity index (χ1) is 7.00. The Morgan fingerprint density at radius 3 is 2.53 bits per heavy atom. The van der Waals surface area contributed by atoms with Gasteiger partial charge in [-0.2, -0.15) is 0 Å². The maximum absolute atomic E-state index is 10.4. The van der Waals surface area contributed by atoms with Gasteiger partial charge in [0.1, 0.15) is 11.6 Å². The van der Waals surface area contributed by atoms with Crippen LogP contribution in [0.25, 0.3) is 0 Å². The number of carbonyl (C=O) groups is 1. The first-order valence-corrected chi connectivity index (χ1v) is 5.09. The van der Waals surface area contributed by atoms with Gasteiger partial charge in [0.25, 0.3) is 0 Å². The molecule has 0 saturated heterocycles. The predicted octanol–water partition coefficient (Wildman–Crippen LogP) is 1.03. The SMILES string of the molecule is CC(C)Cc1nnc(CCC(=O)O)n1C. The minimum absolute atomic E-state index is 0.105. The molecule has 0 aromatic carbocycles. The third kappa shape index (κ3) is 3.34. The zero-order chi connectivity index (χ0) is 11.4. The highest BCUT2D eigenvalue weighted by atomic mass is 16.4. The van der Waals surface area contributed by atoms with Crippen molar-refractivity contribution in [2.24, 2.45) is 13.0 Å².